The number of rotatable bonds is 9. The zero-order valence-electron chi connectivity index (χ0n) is 20.5. The van der Waals surface area contributed by atoms with E-state index in [4.69, 9.17) is 14.4 Å². The van der Waals surface area contributed by atoms with Gasteiger partial charge in [-0.2, -0.15) is 4.98 Å². The highest BCUT2D eigenvalue weighted by atomic mass is 35.5. The maximum Gasteiger partial charge on any atom is 0.317 e. The van der Waals surface area contributed by atoms with Crippen LogP contribution < -0.4 is 0 Å². The number of nitrogens with zero attached hydrogens (tertiary/aromatic N) is 3. The number of aliphatic carboxylic acids is 1. The predicted octanol–water partition coefficient (Wildman–Crippen LogP) is 5.74. The van der Waals surface area contributed by atoms with E-state index in [1.54, 1.807) is 45.3 Å². The molecule has 0 bridgehead atoms. The van der Waals surface area contributed by atoms with E-state index in [0.29, 0.717) is 28.9 Å². The zero-order valence-corrected chi connectivity index (χ0v) is 21.3. The van der Waals surface area contributed by atoms with Crippen LogP contribution in [0.2, 0.25) is 0 Å². The number of hydrogen-bond acceptors (Lipinski definition) is 6. The number of methoxy groups -OCH3 is 1. The maximum atomic E-state index is 14.7. The van der Waals surface area contributed by atoms with Crippen molar-refractivity contribution in [3.8, 4) is 34.0 Å². The molecule has 4 aromatic rings. The van der Waals surface area contributed by atoms with Crippen LogP contribution in [0, 0.1) is 18.6 Å². The molecular formula is C27H26ClF2N3O4. The van der Waals surface area contributed by atoms with Crippen molar-refractivity contribution in [1.82, 2.24) is 15.0 Å². The second kappa shape index (κ2) is 12.1. The molecule has 4 rings (SSSR count). The van der Waals surface area contributed by atoms with Crippen LogP contribution in [0.15, 0.2) is 59.1 Å². The van der Waals surface area contributed by atoms with E-state index < -0.39 is 11.8 Å². The Balaban J connectivity index is 0.00000380. The lowest BCUT2D eigenvalue weighted by Gasteiger charge is -2.14. The average molecular weight is 530 g/mol. The van der Waals surface area contributed by atoms with E-state index >= 15 is 0 Å². The van der Waals surface area contributed by atoms with Crippen molar-refractivity contribution in [2.45, 2.75) is 20.1 Å². The molecule has 0 unspecified atom stereocenters. The van der Waals surface area contributed by atoms with Crippen LogP contribution >= 0.6 is 12.4 Å². The lowest BCUT2D eigenvalue weighted by atomic mass is 9.94. The predicted molar refractivity (Wildman–Crippen MR) is 137 cm³/mol. The van der Waals surface area contributed by atoms with Crippen molar-refractivity contribution in [3.05, 3.63) is 82.9 Å². The van der Waals surface area contributed by atoms with Crippen LogP contribution in [-0.2, 0) is 22.7 Å². The minimum Gasteiger partial charge on any atom is -0.480 e. The van der Waals surface area contributed by atoms with E-state index in [-0.39, 0.29) is 43.0 Å². The fourth-order valence-electron chi connectivity index (χ4n) is 4.01. The molecule has 0 atom stereocenters. The summed E-state index contributed by atoms with van der Waals surface area (Å²) in [7, 11) is 3.18. The number of ether oxygens (including phenoxy) is 1. The SMILES string of the molecule is COCc1cc(-c2nc(-c3ccc(CN(C)CC(=O)O)c(F)c3)no2)ccc1-c1cccc(F)c1C.Cl. The Morgan fingerprint density at radius 2 is 1.78 bits per heavy atom. The summed E-state index contributed by atoms with van der Waals surface area (Å²) in [4.78, 5) is 16.8. The average Bonchev–Trinajstić information content (AvgIpc) is 3.32. The number of likely N-dealkylation sites (N-methyl/N-ethyl adjacent to an activating group) is 1. The minimum atomic E-state index is -0.985. The first-order valence-electron chi connectivity index (χ1n) is 11.2. The van der Waals surface area contributed by atoms with Gasteiger partial charge in [0.25, 0.3) is 5.89 Å². The quantitative estimate of drug-likeness (QED) is 0.295. The lowest BCUT2D eigenvalue weighted by molar-refractivity contribution is -0.138. The van der Waals surface area contributed by atoms with Gasteiger partial charge in [-0.25, -0.2) is 8.78 Å². The molecule has 0 amide bonds. The van der Waals surface area contributed by atoms with Gasteiger partial charge in [0.15, 0.2) is 0 Å². The van der Waals surface area contributed by atoms with Gasteiger partial charge >= 0.3 is 5.97 Å². The summed E-state index contributed by atoms with van der Waals surface area (Å²) < 4.78 is 39.6. The molecule has 194 valence electrons. The number of hydrogen-bond donors (Lipinski definition) is 1. The number of halogens is 3. The molecule has 1 heterocycles. The third-order valence-electron chi connectivity index (χ3n) is 5.79. The van der Waals surface area contributed by atoms with E-state index in [9.17, 15) is 13.6 Å². The highest BCUT2D eigenvalue weighted by Gasteiger charge is 2.17. The van der Waals surface area contributed by atoms with E-state index in [2.05, 4.69) is 10.1 Å². The fourth-order valence-corrected chi connectivity index (χ4v) is 4.01. The number of carboxylic acid groups (broad SMARTS) is 1. The maximum absolute atomic E-state index is 14.7. The normalized spacial score (nSPS) is 11.0. The summed E-state index contributed by atoms with van der Waals surface area (Å²) in [6, 6.07) is 15.0. The van der Waals surface area contributed by atoms with Crippen molar-refractivity contribution in [3.63, 3.8) is 0 Å². The summed E-state index contributed by atoms with van der Waals surface area (Å²) in [5, 5.41) is 12.9. The second-order valence-corrected chi connectivity index (χ2v) is 8.51. The molecule has 0 aliphatic rings. The highest BCUT2D eigenvalue weighted by molar-refractivity contribution is 5.85. The van der Waals surface area contributed by atoms with Crippen molar-refractivity contribution in [2.75, 3.05) is 20.7 Å². The van der Waals surface area contributed by atoms with Gasteiger partial charge < -0.3 is 14.4 Å². The van der Waals surface area contributed by atoms with Gasteiger partial charge in [0, 0.05) is 30.3 Å². The fraction of sp³-hybridized carbons (Fsp3) is 0.222. The molecule has 37 heavy (non-hydrogen) atoms. The first kappa shape index (κ1) is 27.9. The van der Waals surface area contributed by atoms with Gasteiger partial charge in [-0.1, -0.05) is 35.5 Å². The molecule has 3 aromatic carbocycles. The molecule has 1 aromatic heterocycles. The number of aromatic nitrogens is 2. The Morgan fingerprint density at radius 3 is 2.49 bits per heavy atom. The summed E-state index contributed by atoms with van der Waals surface area (Å²) >= 11 is 0. The number of benzene rings is 3. The smallest absolute Gasteiger partial charge is 0.317 e. The van der Waals surface area contributed by atoms with Crippen LogP contribution in [0.1, 0.15) is 16.7 Å². The Kier molecular flexibility index (Phi) is 9.09. The summed E-state index contributed by atoms with van der Waals surface area (Å²) in [6.07, 6.45) is 0. The molecule has 0 saturated carbocycles. The van der Waals surface area contributed by atoms with Gasteiger partial charge in [0.2, 0.25) is 5.82 Å². The Hall–Kier alpha value is -3.66. The van der Waals surface area contributed by atoms with Crippen LogP contribution in [0.3, 0.4) is 0 Å². The molecule has 0 saturated heterocycles. The monoisotopic (exact) mass is 529 g/mol. The van der Waals surface area contributed by atoms with E-state index in [1.165, 1.54) is 17.0 Å². The number of carboxylic acids is 1. The Bertz CT molecular complexity index is 1410. The van der Waals surface area contributed by atoms with Crippen molar-refractivity contribution in [2.24, 2.45) is 0 Å². The first-order valence-corrected chi connectivity index (χ1v) is 11.2. The molecule has 0 fully saturated rings. The van der Waals surface area contributed by atoms with E-state index in [1.807, 2.05) is 18.2 Å². The third-order valence-corrected chi connectivity index (χ3v) is 5.79. The van der Waals surface area contributed by atoms with Crippen molar-refractivity contribution in [1.29, 1.82) is 0 Å². The minimum absolute atomic E-state index is 0. The van der Waals surface area contributed by atoms with Gasteiger partial charge in [-0.05, 0) is 60.5 Å². The molecule has 0 aliphatic carbocycles. The molecule has 7 nitrogen and oxygen atoms in total. The molecule has 10 heteroatoms. The zero-order chi connectivity index (χ0) is 25.8. The standard InChI is InChI=1S/C27H25F2N3O4.ClH/c1-16-21(5-4-6-23(16)28)22-10-9-18(11-20(22)15-35-3)27-30-26(31-36-27)17-7-8-19(24(29)12-17)13-32(2)14-25(33)34;/h4-12H,13-15H2,1-3H3,(H,33,34);1H. The van der Waals surface area contributed by atoms with Gasteiger partial charge in [-0.3, -0.25) is 9.69 Å². The summed E-state index contributed by atoms with van der Waals surface area (Å²) in [5.74, 6) is -1.30. The molecule has 0 aliphatic heterocycles. The first-order chi connectivity index (χ1) is 17.3. The Labute approximate surface area is 219 Å². The van der Waals surface area contributed by atoms with Crippen LogP contribution in [0.25, 0.3) is 34.0 Å². The molecule has 0 spiro atoms. The third kappa shape index (κ3) is 6.37. The van der Waals surface area contributed by atoms with Crippen LogP contribution in [-0.4, -0.2) is 46.8 Å². The van der Waals surface area contributed by atoms with E-state index in [0.717, 1.165) is 16.7 Å². The lowest BCUT2D eigenvalue weighted by Crippen LogP contribution is -2.25. The largest absolute Gasteiger partial charge is 0.480 e. The van der Waals surface area contributed by atoms with Crippen molar-refractivity contribution >= 4 is 18.4 Å². The van der Waals surface area contributed by atoms with Gasteiger partial charge in [0.1, 0.15) is 11.6 Å². The van der Waals surface area contributed by atoms with Crippen LogP contribution in [0.5, 0.6) is 0 Å². The topological polar surface area (TPSA) is 88.7 Å². The Morgan fingerprint density at radius 1 is 1.03 bits per heavy atom. The summed E-state index contributed by atoms with van der Waals surface area (Å²) in [6.45, 7) is 1.98. The number of carbonyl (C=O) groups is 1. The molecule has 1 N–H and O–H groups in total. The molecular weight excluding hydrogens is 504 g/mol. The highest BCUT2D eigenvalue weighted by Crippen LogP contribution is 2.32. The van der Waals surface area contributed by atoms with Crippen LogP contribution in [0.4, 0.5) is 8.78 Å². The van der Waals surface area contributed by atoms with Crippen molar-refractivity contribution < 1.29 is 27.9 Å². The van der Waals surface area contributed by atoms with Gasteiger partial charge in [0.05, 0.1) is 13.2 Å². The second-order valence-electron chi connectivity index (χ2n) is 8.51. The summed E-state index contributed by atoms with van der Waals surface area (Å²) in [5.41, 5.74) is 4.40. The van der Waals surface area contributed by atoms with Gasteiger partial charge in [-0.15, -0.1) is 12.4 Å². The molecule has 0 radical (unpaired) electrons.